The molecule has 0 aliphatic rings. The summed E-state index contributed by atoms with van der Waals surface area (Å²) in [5.41, 5.74) is 2.82. The average Bonchev–Trinajstić information content (AvgIpc) is 2.86. The number of anilines is 1. The molecular weight excluding hydrogens is 334 g/mol. The van der Waals surface area contributed by atoms with E-state index in [0.29, 0.717) is 12.1 Å². The van der Waals surface area contributed by atoms with Crippen molar-refractivity contribution in [2.75, 3.05) is 5.32 Å². The van der Waals surface area contributed by atoms with Crippen LogP contribution in [0.4, 0.5) is 5.69 Å². The van der Waals surface area contributed by atoms with Gasteiger partial charge in [0, 0.05) is 21.0 Å². The second-order valence-corrected chi connectivity index (χ2v) is 7.33. The van der Waals surface area contributed by atoms with E-state index >= 15 is 0 Å². The zero-order chi connectivity index (χ0) is 14.8. The van der Waals surface area contributed by atoms with E-state index in [1.54, 1.807) is 17.4 Å². The van der Waals surface area contributed by atoms with Gasteiger partial charge >= 0.3 is 0 Å². The molecule has 0 unspecified atom stereocenters. The number of halogens is 1. The Morgan fingerprint density at radius 2 is 2.15 bits per heavy atom. The lowest BCUT2D eigenvalue weighted by Gasteiger charge is -2.14. The van der Waals surface area contributed by atoms with Gasteiger partial charge in [-0.1, -0.05) is 20.8 Å². The number of nitriles is 1. The lowest BCUT2D eigenvalue weighted by Crippen LogP contribution is -2.11. The van der Waals surface area contributed by atoms with Crippen molar-refractivity contribution in [1.82, 2.24) is 4.98 Å². The van der Waals surface area contributed by atoms with Gasteiger partial charge in [0.25, 0.3) is 0 Å². The molecule has 2 aromatic rings. The maximum atomic E-state index is 8.84. The van der Waals surface area contributed by atoms with Crippen molar-refractivity contribution in [2.45, 2.75) is 32.7 Å². The van der Waals surface area contributed by atoms with E-state index in [9.17, 15) is 0 Å². The second-order valence-electron chi connectivity index (χ2n) is 5.54. The van der Waals surface area contributed by atoms with Crippen LogP contribution in [0.1, 0.15) is 37.0 Å². The van der Waals surface area contributed by atoms with Gasteiger partial charge < -0.3 is 5.32 Å². The molecule has 1 N–H and O–H groups in total. The highest BCUT2D eigenvalue weighted by atomic mass is 79.9. The van der Waals surface area contributed by atoms with E-state index in [4.69, 9.17) is 5.26 Å². The molecule has 0 saturated heterocycles. The Morgan fingerprint density at radius 1 is 1.40 bits per heavy atom. The van der Waals surface area contributed by atoms with Gasteiger partial charge in [-0.25, -0.2) is 4.98 Å². The fraction of sp³-hybridized carbons (Fsp3) is 0.333. The first-order valence-electron chi connectivity index (χ1n) is 6.28. The Labute approximate surface area is 131 Å². The average molecular weight is 350 g/mol. The van der Waals surface area contributed by atoms with Crippen LogP contribution in [0.3, 0.4) is 0 Å². The van der Waals surface area contributed by atoms with Crippen molar-refractivity contribution >= 4 is 33.0 Å². The summed E-state index contributed by atoms with van der Waals surface area (Å²) in [7, 11) is 0. The highest BCUT2D eigenvalue weighted by Crippen LogP contribution is 2.26. The predicted molar refractivity (Wildman–Crippen MR) is 87.0 cm³/mol. The Kier molecular flexibility index (Phi) is 4.46. The molecule has 0 spiro atoms. The molecule has 1 aromatic heterocycles. The van der Waals surface area contributed by atoms with Crippen molar-refractivity contribution in [2.24, 2.45) is 0 Å². The van der Waals surface area contributed by atoms with Crippen LogP contribution in [0.2, 0.25) is 0 Å². The lowest BCUT2D eigenvalue weighted by atomic mass is 9.93. The van der Waals surface area contributed by atoms with Crippen LogP contribution in [0.15, 0.2) is 28.1 Å². The molecule has 1 aromatic carbocycles. The van der Waals surface area contributed by atoms with Crippen molar-refractivity contribution in [3.05, 3.63) is 44.3 Å². The van der Waals surface area contributed by atoms with Gasteiger partial charge in [-0.05, 0) is 34.1 Å². The van der Waals surface area contributed by atoms with Crippen molar-refractivity contribution in [3.8, 4) is 6.07 Å². The summed E-state index contributed by atoms with van der Waals surface area (Å²) in [6.45, 7) is 7.18. The first kappa shape index (κ1) is 15.0. The molecule has 0 aliphatic carbocycles. The topological polar surface area (TPSA) is 48.7 Å². The summed E-state index contributed by atoms with van der Waals surface area (Å²) in [5, 5.41) is 15.4. The molecule has 0 atom stereocenters. The van der Waals surface area contributed by atoms with E-state index in [2.05, 4.69) is 58.5 Å². The summed E-state index contributed by atoms with van der Waals surface area (Å²) in [6.07, 6.45) is 0. The second kappa shape index (κ2) is 5.94. The van der Waals surface area contributed by atoms with Crippen molar-refractivity contribution in [3.63, 3.8) is 0 Å². The molecular formula is C15H16BrN3S. The molecule has 20 heavy (non-hydrogen) atoms. The van der Waals surface area contributed by atoms with Gasteiger partial charge in [0.05, 0.1) is 23.9 Å². The van der Waals surface area contributed by atoms with Crippen molar-refractivity contribution in [1.29, 1.82) is 5.26 Å². The normalized spacial score (nSPS) is 11.2. The molecule has 2 rings (SSSR count). The van der Waals surface area contributed by atoms with E-state index < -0.39 is 0 Å². The number of benzene rings is 1. The Hall–Kier alpha value is -1.38. The van der Waals surface area contributed by atoms with Gasteiger partial charge in [0.15, 0.2) is 0 Å². The maximum Gasteiger partial charge on any atom is 0.112 e. The zero-order valence-electron chi connectivity index (χ0n) is 11.7. The summed E-state index contributed by atoms with van der Waals surface area (Å²) >= 11 is 5.14. The number of hydrogen-bond acceptors (Lipinski definition) is 4. The minimum absolute atomic E-state index is 0.0871. The van der Waals surface area contributed by atoms with Gasteiger partial charge in [-0.15, -0.1) is 11.3 Å². The van der Waals surface area contributed by atoms with Gasteiger partial charge in [-0.2, -0.15) is 5.26 Å². The van der Waals surface area contributed by atoms with Crippen LogP contribution in [-0.2, 0) is 12.0 Å². The lowest BCUT2D eigenvalue weighted by molar-refractivity contribution is 0.571. The standard InChI is InChI=1S/C15H16BrN3S/c1-15(2,3)13-9-20-14(19-13)8-18-12-5-4-10(7-17)6-11(12)16/h4-6,9,18H,8H2,1-3H3. The van der Waals surface area contributed by atoms with Crippen LogP contribution in [0, 0.1) is 11.3 Å². The quantitative estimate of drug-likeness (QED) is 0.874. The summed E-state index contributed by atoms with van der Waals surface area (Å²) in [6, 6.07) is 7.64. The summed E-state index contributed by atoms with van der Waals surface area (Å²) in [4.78, 5) is 4.65. The highest BCUT2D eigenvalue weighted by molar-refractivity contribution is 9.10. The minimum Gasteiger partial charge on any atom is -0.378 e. The SMILES string of the molecule is CC(C)(C)c1csc(CNc2ccc(C#N)cc2Br)n1. The molecule has 0 saturated carbocycles. The van der Waals surface area contributed by atoms with Gasteiger partial charge in [-0.3, -0.25) is 0 Å². The largest absolute Gasteiger partial charge is 0.378 e. The third-order valence-corrected chi connectivity index (χ3v) is 4.35. The monoisotopic (exact) mass is 349 g/mol. The third kappa shape index (κ3) is 3.59. The van der Waals surface area contributed by atoms with E-state index in [1.807, 2.05) is 12.1 Å². The third-order valence-electron chi connectivity index (χ3n) is 2.85. The summed E-state index contributed by atoms with van der Waals surface area (Å²) < 4.78 is 0.893. The molecule has 104 valence electrons. The Bertz CT molecular complexity index is 650. The molecule has 3 nitrogen and oxygen atoms in total. The van der Waals surface area contributed by atoms with Crippen LogP contribution in [0.25, 0.3) is 0 Å². The first-order valence-corrected chi connectivity index (χ1v) is 7.96. The first-order chi connectivity index (χ1) is 9.40. The number of thiazole rings is 1. The fourth-order valence-electron chi connectivity index (χ4n) is 1.64. The van der Waals surface area contributed by atoms with Crippen molar-refractivity contribution < 1.29 is 0 Å². The molecule has 0 aliphatic heterocycles. The number of hydrogen-bond donors (Lipinski definition) is 1. The fourth-order valence-corrected chi connectivity index (χ4v) is 3.11. The number of aromatic nitrogens is 1. The molecule has 0 radical (unpaired) electrons. The van der Waals surface area contributed by atoms with Crippen LogP contribution in [-0.4, -0.2) is 4.98 Å². The zero-order valence-corrected chi connectivity index (χ0v) is 14.1. The molecule has 0 amide bonds. The maximum absolute atomic E-state index is 8.84. The smallest absolute Gasteiger partial charge is 0.112 e. The molecule has 1 heterocycles. The van der Waals surface area contributed by atoms with Gasteiger partial charge in [0.2, 0.25) is 0 Å². The van der Waals surface area contributed by atoms with E-state index in [0.717, 1.165) is 20.9 Å². The molecule has 5 heteroatoms. The number of rotatable bonds is 3. The number of nitrogens with one attached hydrogen (secondary N) is 1. The predicted octanol–water partition coefficient (Wildman–Crippen LogP) is 4.69. The van der Waals surface area contributed by atoms with Crippen LogP contribution >= 0.6 is 27.3 Å². The minimum atomic E-state index is 0.0871. The molecule has 0 fully saturated rings. The Morgan fingerprint density at radius 3 is 2.70 bits per heavy atom. The van der Waals surface area contributed by atoms with Crippen LogP contribution in [0.5, 0.6) is 0 Å². The highest BCUT2D eigenvalue weighted by Gasteiger charge is 2.17. The van der Waals surface area contributed by atoms with E-state index in [1.165, 1.54) is 0 Å². The van der Waals surface area contributed by atoms with E-state index in [-0.39, 0.29) is 5.41 Å². The molecule has 0 bridgehead atoms. The number of nitrogens with zero attached hydrogens (tertiary/aromatic N) is 2. The van der Waals surface area contributed by atoms with Gasteiger partial charge in [0.1, 0.15) is 5.01 Å². The van der Waals surface area contributed by atoms with Crippen LogP contribution < -0.4 is 5.32 Å². The Balaban J connectivity index is 2.06. The summed E-state index contributed by atoms with van der Waals surface area (Å²) in [5.74, 6) is 0.